The van der Waals surface area contributed by atoms with Crippen LogP contribution in [0.4, 0.5) is 0 Å². The molecule has 0 bridgehead atoms. The van der Waals surface area contributed by atoms with Crippen LogP contribution in [0, 0.1) is 11.8 Å². The Hall–Kier alpha value is -0.0800. The Kier molecular flexibility index (Phi) is 5.62. The van der Waals surface area contributed by atoms with Crippen molar-refractivity contribution in [2.45, 2.75) is 46.1 Å². The van der Waals surface area contributed by atoms with Gasteiger partial charge in [-0.1, -0.05) is 20.3 Å². The van der Waals surface area contributed by atoms with E-state index in [1.54, 1.807) is 0 Å². The zero-order valence-corrected chi connectivity index (χ0v) is 10.9. The summed E-state index contributed by atoms with van der Waals surface area (Å²) in [7, 11) is 2.23. The molecule has 0 aromatic carbocycles. The van der Waals surface area contributed by atoms with Gasteiger partial charge >= 0.3 is 0 Å². The lowest BCUT2D eigenvalue weighted by molar-refractivity contribution is 0.276. The number of nitrogens with one attached hydrogen (secondary N) is 1. The SMILES string of the molecule is CCC(C)CN(C)CCNC(C)C1CC1. The molecule has 2 atom stereocenters. The lowest BCUT2D eigenvalue weighted by Gasteiger charge is -2.21. The molecule has 0 spiro atoms. The second kappa shape index (κ2) is 6.49. The molecule has 0 radical (unpaired) electrons. The molecule has 0 amide bonds. The fourth-order valence-electron chi connectivity index (χ4n) is 2.00. The Morgan fingerprint density at radius 3 is 2.53 bits per heavy atom. The van der Waals surface area contributed by atoms with E-state index in [4.69, 9.17) is 0 Å². The third kappa shape index (κ3) is 5.53. The smallest absolute Gasteiger partial charge is 0.0104 e. The number of hydrogen-bond donors (Lipinski definition) is 1. The lowest BCUT2D eigenvalue weighted by Crippen LogP contribution is -2.36. The van der Waals surface area contributed by atoms with E-state index in [2.05, 4.69) is 38.0 Å². The van der Waals surface area contributed by atoms with E-state index < -0.39 is 0 Å². The van der Waals surface area contributed by atoms with Crippen molar-refractivity contribution < 1.29 is 0 Å². The minimum absolute atomic E-state index is 0.738. The first-order valence-corrected chi connectivity index (χ1v) is 6.55. The normalized spacial score (nSPS) is 20.6. The van der Waals surface area contributed by atoms with Crippen molar-refractivity contribution in [3.63, 3.8) is 0 Å². The van der Waals surface area contributed by atoms with Crippen LogP contribution in [0.2, 0.25) is 0 Å². The summed E-state index contributed by atoms with van der Waals surface area (Å²) in [5, 5.41) is 3.63. The molecule has 2 heteroatoms. The molecule has 1 aliphatic carbocycles. The van der Waals surface area contributed by atoms with E-state index in [1.807, 2.05) is 0 Å². The third-order valence-electron chi connectivity index (χ3n) is 3.61. The predicted molar refractivity (Wildman–Crippen MR) is 67.1 cm³/mol. The fraction of sp³-hybridized carbons (Fsp3) is 1.00. The van der Waals surface area contributed by atoms with Crippen LogP contribution in [0.5, 0.6) is 0 Å². The summed E-state index contributed by atoms with van der Waals surface area (Å²) in [4.78, 5) is 2.45. The van der Waals surface area contributed by atoms with E-state index >= 15 is 0 Å². The molecule has 0 aromatic heterocycles. The van der Waals surface area contributed by atoms with E-state index in [1.165, 1.54) is 32.4 Å². The maximum absolute atomic E-state index is 3.63. The summed E-state index contributed by atoms with van der Waals surface area (Å²) in [6.07, 6.45) is 4.17. The summed E-state index contributed by atoms with van der Waals surface area (Å²) in [5.74, 6) is 1.81. The molecule has 1 N–H and O–H groups in total. The molecule has 90 valence electrons. The summed E-state index contributed by atoms with van der Waals surface area (Å²) < 4.78 is 0. The van der Waals surface area contributed by atoms with E-state index in [0.717, 1.165) is 24.4 Å². The average Bonchev–Trinajstić information content (AvgIpc) is 3.00. The summed E-state index contributed by atoms with van der Waals surface area (Å²) in [5.41, 5.74) is 0. The van der Waals surface area contributed by atoms with E-state index in [-0.39, 0.29) is 0 Å². The van der Waals surface area contributed by atoms with E-state index in [0.29, 0.717) is 0 Å². The standard InChI is InChI=1S/C13H28N2/c1-5-11(2)10-15(4)9-8-14-12(3)13-6-7-13/h11-14H,5-10H2,1-4H3. The Labute approximate surface area is 95.4 Å². The molecule has 1 fully saturated rings. The third-order valence-corrected chi connectivity index (χ3v) is 3.61. The highest BCUT2D eigenvalue weighted by atomic mass is 15.1. The predicted octanol–water partition coefficient (Wildman–Crippen LogP) is 2.35. The first kappa shape index (κ1) is 13.0. The highest BCUT2D eigenvalue weighted by Crippen LogP contribution is 2.32. The molecule has 1 aliphatic rings. The van der Waals surface area contributed by atoms with Crippen LogP contribution >= 0.6 is 0 Å². The summed E-state index contributed by atoms with van der Waals surface area (Å²) in [6.45, 7) is 10.5. The Bertz CT molecular complexity index is 166. The zero-order chi connectivity index (χ0) is 11.3. The zero-order valence-electron chi connectivity index (χ0n) is 10.9. The number of nitrogens with zero attached hydrogens (tertiary/aromatic N) is 1. The molecule has 1 rings (SSSR count). The maximum Gasteiger partial charge on any atom is 0.0104 e. The molecular weight excluding hydrogens is 184 g/mol. The van der Waals surface area contributed by atoms with Crippen LogP contribution in [0.3, 0.4) is 0 Å². The molecule has 15 heavy (non-hydrogen) atoms. The van der Waals surface area contributed by atoms with Crippen LogP contribution in [0.25, 0.3) is 0 Å². The van der Waals surface area contributed by atoms with Crippen LogP contribution in [-0.4, -0.2) is 37.6 Å². The number of rotatable bonds is 8. The van der Waals surface area contributed by atoms with Crippen molar-refractivity contribution in [1.82, 2.24) is 10.2 Å². The van der Waals surface area contributed by atoms with Gasteiger partial charge in [-0.25, -0.2) is 0 Å². The minimum atomic E-state index is 0.738. The second-order valence-electron chi connectivity index (χ2n) is 5.36. The maximum atomic E-state index is 3.63. The molecule has 0 aromatic rings. The molecule has 0 saturated heterocycles. The second-order valence-corrected chi connectivity index (χ2v) is 5.36. The van der Waals surface area contributed by atoms with Gasteiger partial charge in [0.05, 0.1) is 0 Å². The molecule has 0 heterocycles. The Balaban J connectivity index is 1.98. The van der Waals surface area contributed by atoms with Crippen molar-refractivity contribution in [1.29, 1.82) is 0 Å². The van der Waals surface area contributed by atoms with Gasteiger partial charge in [-0.05, 0) is 38.6 Å². The largest absolute Gasteiger partial charge is 0.313 e. The minimum Gasteiger partial charge on any atom is -0.313 e. The van der Waals surface area contributed by atoms with Gasteiger partial charge in [-0.3, -0.25) is 0 Å². The van der Waals surface area contributed by atoms with Crippen LogP contribution in [-0.2, 0) is 0 Å². The Morgan fingerprint density at radius 1 is 1.33 bits per heavy atom. The van der Waals surface area contributed by atoms with Crippen molar-refractivity contribution in [3.05, 3.63) is 0 Å². The van der Waals surface area contributed by atoms with Crippen LogP contribution < -0.4 is 5.32 Å². The molecule has 0 aliphatic heterocycles. The van der Waals surface area contributed by atoms with E-state index in [9.17, 15) is 0 Å². The first-order valence-electron chi connectivity index (χ1n) is 6.55. The fourth-order valence-corrected chi connectivity index (χ4v) is 2.00. The highest BCUT2D eigenvalue weighted by Gasteiger charge is 2.27. The van der Waals surface area contributed by atoms with Gasteiger partial charge in [-0.2, -0.15) is 0 Å². The van der Waals surface area contributed by atoms with Crippen LogP contribution in [0.15, 0.2) is 0 Å². The van der Waals surface area contributed by atoms with Gasteiger partial charge in [-0.15, -0.1) is 0 Å². The molecular formula is C13H28N2. The Morgan fingerprint density at radius 2 is 2.00 bits per heavy atom. The topological polar surface area (TPSA) is 15.3 Å². The average molecular weight is 212 g/mol. The first-order chi connectivity index (χ1) is 7.13. The summed E-state index contributed by atoms with van der Waals surface area (Å²) >= 11 is 0. The number of hydrogen-bond acceptors (Lipinski definition) is 2. The quantitative estimate of drug-likeness (QED) is 0.664. The van der Waals surface area contributed by atoms with Gasteiger partial charge in [0.1, 0.15) is 0 Å². The van der Waals surface area contributed by atoms with Gasteiger partial charge < -0.3 is 10.2 Å². The monoisotopic (exact) mass is 212 g/mol. The van der Waals surface area contributed by atoms with Crippen molar-refractivity contribution >= 4 is 0 Å². The molecule has 1 saturated carbocycles. The number of likely N-dealkylation sites (N-methyl/N-ethyl adjacent to an activating group) is 1. The van der Waals surface area contributed by atoms with Crippen molar-refractivity contribution in [2.24, 2.45) is 11.8 Å². The van der Waals surface area contributed by atoms with Gasteiger partial charge in [0.15, 0.2) is 0 Å². The molecule has 2 nitrogen and oxygen atoms in total. The lowest BCUT2D eigenvalue weighted by atomic mass is 10.1. The van der Waals surface area contributed by atoms with Crippen molar-refractivity contribution in [2.75, 3.05) is 26.7 Å². The van der Waals surface area contributed by atoms with Crippen molar-refractivity contribution in [3.8, 4) is 0 Å². The van der Waals surface area contributed by atoms with Gasteiger partial charge in [0.25, 0.3) is 0 Å². The van der Waals surface area contributed by atoms with Gasteiger partial charge in [0, 0.05) is 25.7 Å². The van der Waals surface area contributed by atoms with Crippen LogP contribution in [0.1, 0.15) is 40.0 Å². The van der Waals surface area contributed by atoms with Gasteiger partial charge in [0.2, 0.25) is 0 Å². The summed E-state index contributed by atoms with van der Waals surface area (Å²) in [6, 6.07) is 0.738. The highest BCUT2D eigenvalue weighted by molar-refractivity contribution is 4.83. The molecule has 2 unspecified atom stereocenters.